The third-order valence-corrected chi connectivity index (χ3v) is 7.53. The number of benzene rings is 1. The van der Waals surface area contributed by atoms with Gasteiger partial charge in [-0.05, 0) is 25.8 Å². The molecule has 11 nitrogen and oxygen atoms in total. The molecule has 1 aliphatic heterocycles. The maximum absolute atomic E-state index is 13.2. The SMILES string of the molecule is COc1ccc([C@@H](CC(=O)NC2CCN(S(C)(=O)=O)CC2)c2c(O)cc(C)oc2=O)c(OC)c1OC. The highest BCUT2D eigenvalue weighted by atomic mass is 32.2. The average molecular weight is 525 g/mol. The number of rotatable bonds is 9. The molecule has 0 unspecified atom stereocenters. The van der Waals surface area contributed by atoms with Gasteiger partial charge in [-0.15, -0.1) is 0 Å². The van der Waals surface area contributed by atoms with Crippen molar-refractivity contribution in [2.24, 2.45) is 0 Å². The fraction of sp³-hybridized carbons (Fsp3) is 0.500. The number of hydrogen-bond acceptors (Lipinski definition) is 9. The first kappa shape index (κ1) is 27.3. The number of piperidine rings is 1. The molecule has 12 heteroatoms. The Kier molecular flexibility index (Phi) is 8.51. The van der Waals surface area contributed by atoms with Crippen LogP contribution in [-0.4, -0.2) is 70.5 Å². The van der Waals surface area contributed by atoms with Crippen molar-refractivity contribution in [3.8, 4) is 23.0 Å². The van der Waals surface area contributed by atoms with Gasteiger partial charge in [0.05, 0.1) is 33.1 Å². The van der Waals surface area contributed by atoms with Crippen LogP contribution in [0.15, 0.2) is 27.4 Å². The quantitative estimate of drug-likeness (QED) is 0.501. The topological polar surface area (TPSA) is 145 Å². The van der Waals surface area contributed by atoms with Crippen LogP contribution in [0.5, 0.6) is 23.0 Å². The fourth-order valence-electron chi connectivity index (χ4n) is 4.50. The van der Waals surface area contributed by atoms with Crippen molar-refractivity contribution in [2.45, 2.75) is 38.1 Å². The summed E-state index contributed by atoms with van der Waals surface area (Å²) < 4.78 is 46.5. The second-order valence-corrected chi connectivity index (χ2v) is 10.6. The number of carbonyl (C=O) groups is 1. The van der Waals surface area contributed by atoms with Crippen molar-refractivity contribution < 1.29 is 36.9 Å². The van der Waals surface area contributed by atoms with E-state index in [1.165, 1.54) is 38.6 Å². The largest absolute Gasteiger partial charge is 0.507 e. The van der Waals surface area contributed by atoms with Crippen molar-refractivity contribution in [3.05, 3.63) is 45.5 Å². The molecule has 0 saturated carbocycles. The predicted molar refractivity (Wildman–Crippen MR) is 132 cm³/mol. The number of aryl methyl sites for hydroxylation is 1. The van der Waals surface area contributed by atoms with Crippen LogP contribution in [-0.2, 0) is 14.8 Å². The predicted octanol–water partition coefficient (Wildman–Crippen LogP) is 1.74. The number of aromatic hydroxyl groups is 1. The van der Waals surface area contributed by atoms with Crippen molar-refractivity contribution in [1.82, 2.24) is 9.62 Å². The van der Waals surface area contributed by atoms with Gasteiger partial charge in [0, 0.05) is 43.1 Å². The van der Waals surface area contributed by atoms with Gasteiger partial charge in [0.25, 0.3) is 0 Å². The minimum Gasteiger partial charge on any atom is -0.507 e. The number of ether oxygens (including phenoxy) is 3. The van der Waals surface area contributed by atoms with E-state index in [0.29, 0.717) is 37.2 Å². The van der Waals surface area contributed by atoms with Crippen LogP contribution < -0.4 is 25.2 Å². The number of sulfonamides is 1. The minimum absolute atomic E-state index is 0.0897. The molecular formula is C24H32N2O9S. The molecule has 1 amide bonds. The number of carbonyl (C=O) groups excluding carboxylic acids is 1. The van der Waals surface area contributed by atoms with Crippen molar-refractivity contribution in [2.75, 3.05) is 40.7 Å². The third kappa shape index (κ3) is 5.93. The van der Waals surface area contributed by atoms with Crippen LogP contribution in [0.4, 0.5) is 0 Å². The number of nitrogens with one attached hydrogen (secondary N) is 1. The monoisotopic (exact) mass is 524 g/mol. The first-order chi connectivity index (χ1) is 17.0. The number of amides is 1. The van der Waals surface area contributed by atoms with E-state index in [0.717, 1.165) is 6.26 Å². The Morgan fingerprint density at radius 1 is 1.17 bits per heavy atom. The summed E-state index contributed by atoms with van der Waals surface area (Å²) in [5.74, 6) is -0.496. The summed E-state index contributed by atoms with van der Waals surface area (Å²) >= 11 is 0. The number of nitrogens with zero attached hydrogens (tertiary/aromatic N) is 1. The van der Waals surface area contributed by atoms with Crippen LogP contribution in [0.3, 0.4) is 0 Å². The van der Waals surface area contributed by atoms with Crippen LogP contribution in [0.1, 0.15) is 42.1 Å². The second-order valence-electron chi connectivity index (χ2n) is 8.63. The summed E-state index contributed by atoms with van der Waals surface area (Å²) in [5, 5.41) is 13.6. The Hall–Kier alpha value is -3.25. The van der Waals surface area contributed by atoms with E-state index < -0.39 is 21.6 Å². The summed E-state index contributed by atoms with van der Waals surface area (Å²) in [5.41, 5.74) is -0.444. The van der Waals surface area contributed by atoms with Crippen LogP contribution in [0.25, 0.3) is 0 Å². The van der Waals surface area contributed by atoms with E-state index in [-0.39, 0.29) is 46.9 Å². The summed E-state index contributed by atoms with van der Waals surface area (Å²) in [6.45, 7) is 2.14. The van der Waals surface area contributed by atoms with Crippen LogP contribution in [0.2, 0.25) is 0 Å². The molecule has 2 heterocycles. The molecule has 198 valence electrons. The molecule has 1 aliphatic rings. The van der Waals surface area contributed by atoms with Crippen LogP contribution >= 0.6 is 0 Å². The van der Waals surface area contributed by atoms with Gasteiger partial charge in [0.1, 0.15) is 11.5 Å². The molecule has 1 aromatic carbocycles. The Morgan fingerprint density at radius 2 is 1.81 bits per heavy atom. The molecule has 1 saturated heterocycles. The van der Waals surface area contributed by atoms with Gasteiger partial charge in [-0.1, -0.05) is 6.07 Å². The fourth-order valence-corrected chi connectivity index (χ4v) is 5.37. The molecule has 0 radical (unpaired) electrons. The highest BCUT2D eigenvalue weighted by Gasteiger charge is 2.32. The standard InChI is InChI=1S/C24H32N2O9S/c1-14-12-18(27)21(24(29)35-14)17(16-6-7-19(32-2)23(34-4)22(16)33-3)13-20(28)25-15-8-10-26(11-9-15)36(5,30)31/h6-7,12,15,17,27H,8-11,13H2,1-5H3,(H,25,28)/t17-/m1/s1. The van der Waals surface area contributed by atoms with E-state index in [9.17, 15) is 23.1 Å². The lowest BCUT2D eigenvalue weighted by atomic mass is 9.87. The van der Waals surface area contributed by atoms with Gasteiger partial charge in [0.2, 0.25) is 21.7 Å². The van der Waals surface area contributed by atoms with Crippen molar-refractivity contribution >= 4 is 15.9 Å². The molecule has 2 aromatic rings. The Bertz CT molecular complexity index is 1270. The number of methoxy groups -OCH3 is 3. The number of hydrogen-bond donors (Lipinski definition) is 2. The smallest absolute Gasteiger partial charge is 0.343 e. The zero-order valence-electron chi connectivity index (χ0n) is 21.0. The maximum atomic E-state index is 13.2. The van der Waals surface area contributed by atoms with E-state index in [2.05, 4.69) is 5.32 Å². The van der Waals surface area contributed by atoms with Crippen molar-refractivity contribution in [3.63, 3.8) is 0 Å². The highest BCUT2D eigenvalue weighted by Crippen LogP contribution is 2.45. The Morgan fingerprint density at radius 3 is 2.33 bits per heavy atom. The van der Waals surface area contributed by atoms with Gasteiger partial charge in [-0.2, -0.15) is 0 Å². The van der Waals surface area contributed by atoms with Gasteiger partial charge >= 0.3 is 5.63 Å². The molecule has 0 bridgehead atoms. The second kappa shape index (κ2) is 11.2. The summed E-state index contributed by atoms with van der Waals surface area (Å²) in [6, 6.07) is 4.35. The molecule has 3 rings (SSSR count). The van der Waals surface area contributed by atoms with E-state index in [1.54, 1.807) is 12.1 Å². The average Bonchev–Trinajstić information content (AvgIpc) is 2.81. The molecule has 0 aliphatic carbocycles. The molecule has 1 fully saturated rings. The zero-order chi connectivity index (χ0) is 26.6. The van der Waals surface area contributed by atoms with Gasteiger partial charge in [-0.3, -0.25) is 4.79 Å². The minimum atomic E-state index is -3.29. The molecule has 1 atom stereocenters. The maximum Gasteiger partial charge on any atom is 0.343 e. The lowest BCUT2D eigenvalue weighted by Crippen LogP contribution is -2.46. The Labute approximate surface area is 210 Å². The third-order valence-electron chi connectivity index (χ3n) is 6.23. The molecule has 2 N–H and O–H groups in total. The van der Waals surface area contributed by atoms with E-state index >= 15 is 0 Å². The summed E-state index contributed by atoms with van der Waals surface area (Å²) in [4.78, 5) is 26.0. The normalized spacial score (nSPS) is 15.8. The lowest BCUT2D eigenvalue weighted by Gasteiger charge is -2.31. The van der Waals surface area contributed by atoms with E-state index in [1.807, 2.05) is 0 Å². The molecule has 36 heavy (non-hydrogen) atoms. The van der Waals surface area contributed by atoms with Gasteiger partial charge in [0.15, 0.2) is 11.5 Å². The van der Waals surface area contributed by atoms with E-state index in [4.69, 9.17) is 18.6 Å². The van der Waals surface area contributed by atoms with Crippen LogP contribution in [0, 0.1) is 6.92 Å². The van der Waals surface area contributed by atoms with Gasteiger partial charge < -0.3 is 29.1 Å². The summed E-state index contributed by atoms with van der Waals surface area (Å²) in [6.07, 6.45) is 1.87. The molecule has 0 spiro atoms. The van der Waals surface area contributed by atoms with Crippen molar-refractivity contribution in [1.29, 1.82) is 0 Å². The highest BCUT2D eigenvalue weighted by molar-refractivity contribution is 7.88. The summed E-state index contributed by atoms with van der Waals surface area (Å²) in [7, 11) is 1.04. The first-order valence-corrected chi connectivity index (χ1v) is 13.2. The van der Waals surface area contributed by atoms with Gasteiger partial charge in [-0.25, -0.2) is 17.5 Å². The molecule has 1 aromatic heterocycles. The lowest BCUT2D eigenvalue weighted by molar-refractivity contribution is -0.122. The zero-order valence-corrected chi connectivity index (χ0v) is 21.8. The molecular weight excluding hydrogens is 492 g/mol. The first-order valence-electron chi connectivity index (χ1n) is 11.4. The Balaban J connectivity index is 1.96.